The van der Waals surface area contributed by atoms with E-state index in [9.17, 15) is 14.7 Å². The van der Waals surface area contributed by atoms with E-state index in [1.165, 1.54) is 30.9 Å². The number of phenolic OH excluding ortho intramolecular Hbond substituents is 1. The fraction of sp³-hybridized carbons (Fsp3) is 0.238. The lowest BCUT2D eigenvalue weighted by molar-refractivity contribution is -0.148. The van der Waals surface area contributed by atoms with E-state index in [1.54, 1.807) is 17.0 Å². The van der Waals surface area contributed by atoms with Crippen molar-refractivity contribution in [1.82, 2.24) is 4.90 Å². The Morgan fingerprint density at radius 1 is 1.19 bits per heavy atom. The third kappa shape index (κ3) is 4.67. The van der Waals surface area contributed by atoms with Crippen LogP contribution in [0, 0.1) is 0 Å². The Morgan fingerprint density at radius 2 is 1.96 bits per heavy atom. The zero-order valence-corrected chi connectivity index (χ0v) is 15.1. The minimum absolute atomic E-state index is 0.0194. The van der Waals surface area contributed by atoms with Crippen LogP contribution in [-0.2, 0) is 27.3 Å². The second-order valence-corrected chi connectivity index (χ2v) is 6.21. The molecule has 0 aliphatic carbocycles. The second kappa shape index (κ2) is 8.40. The summed E-state index contributed by atoms with van der Waals surface area (Å²) in [7, 11) is 1.45. The molecular formula is C21H21NO5. The van der Waals surface area contributed by atoms with Gasteiger partial charge in [-0.05, 0) is 41.3 Å². The van der Waals surface area contributed by atoms with Gasteiger partial charge in [-0.3, -0.25) is 4.79 Å². The molecule has 3 rings (SSSR count). The van der Waals surface area contributed by atoms with Crippen LogP contribution < -0.4 is 4.74 Å². The van der Waals surface area contributed by atoms with Crippen molar-refractivity contribution < 1.29 is 24.2 Å². The average molecular weight is 367 g/mol. The van der Waals surface area contributed by atoms with Crippen molar-refractivity contribution in [2.75, 3.05) is 20.3 Å². The van der Waals surface area contributed by atoms with E-state index < -0.39 is 5.97 Å². The van der Waals surface area contributed by atoms with Gasteiger partial charge in [-0.2, -0.15) is 0 Å². The van der Waals surface area contributed by atoms with Crippen molar-refractivity contribution in [3.8, 4) is 11.5 Å². The Bertz CT molecular complexity index is 875. The van der Waals surface area contributed by atoms with Crippen molar-refractivity contribution in [1.29, 1.82) is 0 Å². The van der Waals surface area contributed by atoms with Gasteiger partial charge in [-0.1, -0.05) is 30.3 Å². The van der Waals surface area contributed by atoms with Gasteiger partial charge in [-0.15, -0.1) is 0 Å². The maximum atomic E-state index is 12.3. The number of nitrogens with zero attached hydrogens (tertiary/aromatic N) is 1. The molecule has 1 aliphatic heterocycles. The summed E-state index contributed by atoms with van der Waals surface area (Å²) in [5.74, 6) is -0.484. The number of hydrogen-bond donors (Lipinski definition) is 1. The molecule has 140 valence electrons. The van der Waals surface area contributed by atoms with Crippen molar-refractivity contribution in [3.05, 3.63) is 65.2 Å². The van der Waals surface area contributed by atoms with Gasteiger partial charge in [0.05, 0.1) is 7.11 Å². The minimum atomic E-state index is -0.604. The number of amides is 1. The van der Waals surface area contributed by atoms with E-state index in [-0.39, 0.29) is 18.3 Å². The molecule has 0 radical (unpaired) electrons. The number of aromatic hydroxyl groups is 1. The molecule has 1 amide bonds. The summed E-state index contributed by atoms with van der Waals surface area (Å²) in [5, 5.41) is 9.56. The van der Waals surface area contributed by atoms with Crippen LogP contribution in [0.5, 0.6) is 11.5 Å². The van der Waals surface area contributed by atoms with Gasteiger partial charge in [0.1, 0.15) is 0 Å². The number of esters is 1. The van der Waals surface area contributed by atoms with Gasteiger partial charge in [0, 0.05) is 19.2 Å². The highest BCUT2D eigenvalue weighted by Gasteiger charge is 2.20. The van der Waals surface area contributed by atoms with Crippen LogP contribution in [0.25, 0.3) is 6.08 Å². The molecule has 1 heterocycles. The normalized spacial score (nSPS) is 13.3. The molecule has 0 saturated carbocycles. The number of methoxy groups -OCH3 is 1. The summed E-state index contributed by atoms with van der Waals surface area (Å²) in [6, 6.07) is 12.7. The summed E-state index contributed by atoms with van der Waals surface area (Å²) in [6.45, 7) is 0.872. The largest absolute Gasteiger partial charge is 0.504 e. The first-order valence-electron chi connectivity index (χ1n) is 8.63. The van der Waals surface area contributed by atoms with Gasteiger partial charge in [0.25, 0.3) is 5.91 Å². The fourth-order valence-electron chi connectivity index (χ4n) is 2.94. The molecule has 0 atom stereocenters. The van der Waals surface area contributed by atoms with Crippen LogP contribution in [0.1, 0.15) is 16.7 Å². The number of carbonyl (C=O) groups excluding carboxylic acids is 2. The van der Waals surface area contributed by atoms with Gasteiger partial charge < -0.3 is 19.5 Å². The third-order valence-corrected chi connectivity index (χ3v) is 4.44. The summed E-state index contributed by atoms with van der Waals surface area (Å²) in [4.78, 5) is 25.8. The Kier molecular flexibility index (Phi) is 5.76. The third-order valence-electron chi connectivity index (χ3n) is 4.44. The molecule has 27 heavy (non-hydrogen) atoms. The molecule has 2 aromatic rings. The first-order chi connectivity index (χ1) is 13.1. The van der Waals surface area contributed by atoms with E-state index in [1.807, 2.05) is 18.2 Å². The quantitative estimate of drug-likeness (QED) is 0.649. The molecule has 0 saturated heterocycles. The van der Waals surface area contributed by atoms with E-state index in [0.29, 0.717) is 24.4 Å². The Morgan fingerprint density at radius 3 is 2.74 bits per heavy atom. The molecule has 0 fully saturated rings. The SMILES string of the molecule is COc1cc(C=CC(=O)OCC(=O)N2CCc3ccccc3C2)ccc1O. The Balaban J connectivity index is 1.51. The molecule has 1 aliphatic rings. The number of phenols is 1. The standard InChI is InChI=1S/C21H21NO5/c1-26-19-12-15(6-8-18(19)23)7-9-21(25)27-14-20(24)22-11-10-16-4-2-3-5-17(16)13-22/h2-9,12,23H,10-11,13-14H2,1H3. The topological polar surface area (TPSA) is 76.1 Å². The van der Waals surface area contributed by atoms with Crippen LogP contribution in [-0.4, -0.2) is 42.1 Å². The Hall–Kier alpha value is -3.28. The van der Waals surface area contributed by atoms with Gasteiger partial charge in [0.2, 0.25) is 0 Å². The van der Waals surface area contributed by atoms with Crippen molar-refractivity contribution in [2.24, 2.45) is 0 Å². The maximum absolute atomic E-state index is 12.3. The average Bonchev–Trinajstić information content (AvgIpc) is 2.71. The number of carbonyl (C=O) groups is 2. The Labute approximate surface area is 157 Å². The molecule has 0 spiro atoms. The lowest BCUT2D eigenvalue weighted by Crippen LogP contribution is -2.38. The predicted molar refractivity (Wildman–Crippen MR) is 100 cm³/mol. The molecule has 0 unspecified atom stereocenters. The van der Waals surface area contributed by atoms with Gasteiger partial charge in [-0.25, -0.2) is 4.79 Å². The summed E-state index contributed by atoms with van der Waals surface area (Å²) < 4.78 is 10.1. The van der Waals surface area contributed by atoms with Crippen molar-refractivity contribution in [3.63, 3.8) is 0 Å². The van der Waals surface area contributed by atoms with Crippen LogP contribution in [0.2, 0.25) is 0 Å². The summed E-state index contributed by atoms with van der Waals surface area (Å²) in [5.41, 5.74) is 3.05. The highest BCUT2D eigenvalue weighted by Crippen LogP contribution is 2.26. The van der Waals surface area contributed by atoms with Crippen LogP contribution >= 0.6 is 0 Å². The van der Waals surface area contributed by atoms with Crippen molar-refractivity contribution in [2.45, 2.75) is 13.0 Å². The number of rotatable bonds is 5. The molecule has 6 nitrogen and oxygen atoms in total. The van der Waals surface area contributed by atoms with E-state index >= 15 is 0 Å². The summed E-state index contributed by atoms with van der Waals surface area (Å²) >= 11 is 0. The van der Waals surface area contributed by atoms with Gasteiger partial charge in [0.15, 0.2) is 18.1 Å². The zero-order valence-electron chi connectivity index (χ0n) is 15.1. The number of benzene rings is 2. The smallest absolute Gasteiger partial charge is 0.331 e. The lowest BCUT2D eigenvalue weighted by atomic mass is 10.00. The van der Waals surface area contributed by atoms with Crippen molar-refractivity contribution >= 4 is 18.0 Å². The van der Waals surface area contributed by atoms with Gasteiger partial charge >= 0.3 is 5.97 Å². The number of ether oxygens (including phenoxy) is 2. The molecule has 1 N–H and O–H groups in total. The second-order valence-electron chi connectivity index (χ2n) is 6.21. The number of hydrogen-bond acceptors (Lipinski definition) is 5. The minimum Gasteiger partial charge on any atom is -0.504 e. The number of fused-ring (bicyclic) bond motifs is 1. The van der Waals surface area contributed by atoms with E-state index in [4.69, 9.17) is 9.47 Å². The molecular weight excluding hydrogens is 346 g/mol. The highest BCUT2D eigenvalue weighted by molar-refractivity contribution is 5.89. The first-order valence-corrected chi connectivity index (χ1v) is 8.63. The molecule has 0 bridgehead atoms. The molecule has 6 heteroatoms. The highest BCUT2D eigenvalue weighted by atomic mass is 16.5. The van der Waals surface area contributed by atoms with Crippen LogP contribution in [0.15, 0.2) is 48.5 Å². The summed E-state index contributed by atoms with van der Waals surface area (Å²) in [6.07, 6.45) is 3.58. The molecule has 0 aromatic heterocycles. The predicted octanol–water partition coefficient (Wildman–Crippen LogP) is 2.54. The van der Waals surface area contributed by atoms with Crippen LogP contribution in [0.4, 0.5) is 0 Å². The van der Waals surface area contributed by atoms with E-state index in [2.05, 4.69) is 6.07 Å². The maximum Gasteiger partial charge on any atom is 0.331 e. The molecule has 2 aromatic carbocycles. The lowest BCUT2D eigenvalue weighted by Gasteiger charge is -2.28. The van der Waals surface area contributed by atoms with E-state index in [0.717, 1.165) is 12.0 Å². The monoisotopic (exact) mass is 367 g/mol. The fourth-order valence-corrected chi connectivity index (χ4v) is 2.94. The first kappa shape index (κ1) is 18.5. The van der Waals surface area contributed by atoms with Crippen LogP contribution in [0.3, 0.4) is 0 Å². The zero-order chi connectivity index (χ0) is 19.2.